The fraction of sp³-hybridized carbons (Fsp3) is 0.273. The predicted molar refractivity (Wildman–Crippen MR) is 71.6 cm³/mol. The Morgan fingerprint density at radius 3 is 2.76 bits per heavy atom. The maximum Gasteiger partial charge on any atom is 0.271 e. The number of pyridine rings is 1. The molecule has 2 aromatic rings. The van der Waals surface area contributed by atoms with Crippen molar-refractivity contribution >= 4 is 22.2 Å². The van der Waals surface area contributed by atoms with E-state index < -0.39 is 0 Å². The number of nitrogens with one attached hydrogen (secondary N) is 2. The molecule has 0 bridgehead atoms. The molecule has 2 rings (SSSR count). The van der Waals surface area contributed by atoms with Gasteiger partial charge < -0.3 is 16.0 Å². The summed E-state index contributed by atoms with van der Waals surface area (Å²) in [6.07, 6.45) is 0. The summed E-state index contributed by atoms with van der Waals surface area (Å²) >= 11 is 1.57. The van der Waals surface area contributed by atoms with E-state index in [1.807, 2.05) is 20.9 Å². The van der Waals surface area contributed by atoms with Crippen molar-refractivity contribution < 1.29 is 0 Å². The second-order valence-electron chi connectivity index (χ2n) is 3.77. The van der Waals surface area contributed by atoms with E-state index in [4.69, 9.17) is 5.73 Å². The lowest BCUT2D eigenvalue weighted by Gasteiger charge is -2.04. The molecule has 0 amide bonds. The van der Waals surface area contributed by atoms with Crippen LogP contribution in [0.5, 0.6) is 0 Å². The number of thiazole rings is 1. The summed E-state index contributed by atoms with van der Waals surface area (Å²) in [6, 6.07) is 1.68. The first-order valence-corrected chi connectivity index (χ1v) is 5.99. The summed E-state index contributed by atoms with van der Waals surface area (Å²) in [6.45, 7) is 3.84. The highest BCUT2D eigenvalue weighted by molar-refractivity contribution is 7.15. The number of hydrogen-bond donors (Lipinski definition) is 3. The third-order valence-corrected chi connectivity index (χ3v) is 3.52. The van der Waals surface area contributed by atoms with Crippen LogP contribution in [-0.2, 0) is 0 Å². The summed E-state index contributed by atoms with van der Waals surface area (Å²) in [5, 5.41) is 3.86. The highest BCUT2D eigenvalue weighted by Crippen LogP contribution is 2.31. The molecule has 90 valence electrons. The SMILES string of the molecule is CNc1nc(-c2cc(N)c(=O)[nH]c2C)c(C)s1. The van der Waals surface area contributed by atoms with Crippen molar-refractivity contribution in [2.45, 2.75) is 13.8 Å². The molecule has 2 aromatic heterocycles. The third kappa shape index (κ3) is 2.03. The van der Waals surface area contributed by atoms with Crippen molar-refractivity contribution in [3.05, 3.63) is 27.0 Å². The highest BCUT2D eigenvalue weighted by atomic mass is 32.1. The maximum atomic E-state index is 11.4. The van der Waals surface area contributed by atoms with Gasteiger partial charge in [-0.3, -0.25) is 4.79 Å². The van der Waals surface area contributed by atoms with E-state index in [1.54, 1.807) is 17.4 Å². The van der Waals surface area contributed by atoms with Gasteiger partial charge in [0.05, 0.1) is 11.4 Å². The van der Waals surface area contributed by atoms with Crippen LogP contribution in [0.3, 0.4) is 0 Å². The molecule has 0 unspecified atom stereocenters. The van der Waals surface area contributed by atoms with Crippen LogP contribution in [0.2, 0.25) is 0 Å². The van der Waals surface area contributed by atoms with Gasteiger partial charge in [0.1, 0.15) is 0 Å². The number of anilines is 2. The van der Waals surface area contributed by atoms with Gasteiger partial charge in [0, 0.05) is 23.2 Å². The number of rotatable bonds is 2. The van der Waals surface area contributed by atoms with Gasteiger partial charge in [-0.25, -0.2) is 4.98 Å². The number of aryl methyl sites for hydroxylation is 2. The second-order valence-corrected chi connectivity index (χ2v) is 4.97. The quantitative estimate of drug-likeness (QED) is 0.758. The topological polar surface area (TPSA) is 83.8 Å². The van der Waals surface area contributed by atoms with E-state index in [0.29, 0.717) is 0 Å². The fourth-order valence-corrected chi connectivity index (χ4v) is 2.42. The molecule has 0 aliphatic carbocycles. The Morgan fingerprint density at radius 2 is 2.18 bits per heavy atom. The lowest BCUT2D eigenvalue weighted by molar-refractivity contribution is 1.14. The van der Waals surface area contributed by atoms with Crippen LogP contribution >= 0.6 is 11.3 Å². The van der Waals surface area contributed by atoms with Crippen LogP contribution in [0.25, 0.3) is 11.3 Å². The Hall–Kier alpha value is -1.82. The normalized spacial score (nSPS) is 10.5. The number of nitrogen functional groups attached to an aromatic ring is 1. The van der Waals surface area contributed by atoms with E-state index in [0.717, 1.165) is 27.0 Å². The molecule has 0 spiro atoms. The molecule has 0 aromatic carbocycles. The van der Waals surface area contributed by atoms with E-state index >= 15 is 0 Å². The van der Waals surface area contributed by atoms with E-state index in [2.05, 4.69) is 15.3 Å². The molecule has 0 atom stereocenters. The van der Waals surface area contributed by atoms with Gasteiger partial charge in [-0.2, -0.15) is 0 Å². The molecule has 0 saturated carbocycles. The maximum absolute atomic E-state index is 11.4. The van der Waals surface area contributed by atoms with Gasteiger partial charge in [-0.1, -0.05) is 0 Å². The Kier molecular flexibility index (Phi) is 2.89. The van der Waals surface area contributed by atoms with E-state index in [-0.39, 0.29) is 11.2 Å². The third-order valence-electron chi connectivity index (χ3n) is 2.53. The van der Waals surface area contributed by atoms with Gasteiger partial charge >= 0.3 is 0 Å². The van der Waals surface area contributed by atoms with Crippen LogP contribution in [0.15, 0.2) is 10.9 Å². The number of aromatic amines is 1. The van der Waals surface area contributed by atoms with Gasteiger partial charge in [0.25, 0.3) is 5.56 Å². The Labute approximate surface area is 103 Å². The molecule has 4 N–H and O–H groups in total. The molecule has 6 heteroatoms. The van der Waals surface area contributed by atoms with Crippen molar-refractivity contribution in [1.29, 1.82) is 0 Å². The van der Waals surface area contributed by atoms with E-state index in [1.165, 1.54) is 0 Å². The van der Waals surface area contributed by atoms with Crippen molar-refractivity contribution in [2.24, 2.45) is 0 Å². The standard InChI is InChI=1S/C11H14N4OS/c1-5-7(4-8(12)10(16)14-5)9-6(2)17-11(13-3)15-9/h4H,12H2,1-3H3,(H,13,15)(H,14,16). The minimum absolute atomic E-state index is 0.212. The van der Waals surface area contributed by atoms with Crippen molar-refractivity contribution in [1.82, 2.24) is 9.97 Å². The van der Waals surface area contributed by atoms with Gasteiger partial charge in [0.2, 0.25) is 0 Å². The van der Waals surface area contributed by atoms with Crippen LogP contribution in [0.1, 0.15) is 10.6 Å². The van der Waals surface area contributed by atoms with Crippen molar-refractivity contribution in [2.75, 3.05) is 18.1 Å². The fourth-order valence-electron chi connectivity index (χ4n) is 1.64. The van der Waals surface area contributed by atoms with Crippen molar-refractivity contribution in [3.8, 4) is 11.3 Å². The van der Waals surface area contributed by atoms with Gasteiger partial charge in [-0.05, 0) is 19.9 Å². The summed E-state index contributed by atoms with van der Waals surface area (Å²) in [7, 11) is 1.83. The van der Waals surface area contributed by atoms with Crippen LogP contribution in [-0.4, -0.2) is 17.0 Å². The highest BCUT2D eigenvalue weighted by Gasteiger charge is 2.13. The summed E-state index contributed by atoms with van der Waals surface area (Å²) < 4.78 is 0. The monoisotopic (exact) mass is 250 g/mol. The first kappa shape index (κ1) is 11.7. The minimum Gasteiger partial charge on any atom is -0.394 e. The van der Waals surface area contributed by atoms with Crippen molar-refractivity contribution in [3.63, 3.8) is 0 Å². The van der Waals surface area contributed by atoms with Crippen LogP contribution < -0.4 is 16.6 Å². The average Bonchev–Trinajstić information content (AvgIpc) is 2.65. The molecule has 0 aliphatic heterocycles. The molecule has 0 radical (unpaired) electrons. The molecule has 0 fully saturated rings. The minimum atomic E-state index is -0.257. The number of hydrogen-bond acceptors (Lipinski definition) is 5. The van der Waals surface area contributed by atoms with Gasteiger partial charge in [-0.15, -0.1) is 11.3 Å². The van der Waals surface area contributed by atoms with E-state index in [9.17, 15) is 4.79 Å². The lowest BCUT2D eigenvalue weighted by atomic mass is 10.1. The molecule has 0 aliphatic rings. The lowest BCUT2D eigenvalue weighted by Crippen LogP contribution is -2.13. The Morgan fingerprint density at radius 1 is 1.47 bits per heavy atom. The first-order chi connectivity index (χ1) is 8.02. The number of aromatic nitrogens is 2. The van der Waals surface area contributed by atoms with Gasteiger partial charge in [0.15, 0.2) is 5.13 Å². The van der Waals surface area contributed by atoms with Crippen LogP contribution in [0.4, 0.5) is 10.8 Å². The summed E-state index contributed by atoms with van der Waals surface area (Å²) in [5.74, 6) is 0. The predicted octanol–water partition coefficient (Wildman–Crippen LogP) is 1.74. The number of nitrogens with two attached hydrogens (primary N) is 1. The molecule has 0 saturated heterocycles. The summed E-state index contributed by atoms with van der Waals surface area (Å²) in [4.78, 5) is 19.6. The molecule has 5 nitrogen and oxygen atoms in total. The molecule has 2 heterocycles. The molecular weight excluding hydrogens is 236 g/mol. The summed E-state index contributed by atoms with van der Waals surface area (Å²) in [5.41, 5.74) is 8.10. The number of H-pyrrole nitrogens is 1. The van der Waals surface area contributed by atoms with Crippen LogP contribution in [0, 0.1) is 13.8 Å². The zero-order valence-corrected chi connectivity index (χ0v) is 10.7. The zero-order valence-electron chi connectivity index (χ0n) is 9.92. The number of nitrogens with zero attached hydrogens (tertiary/aromatic N) is 1. The Balaban J connectivity index is 2.63. The average molecular weight is 250 g/mol. The first-order valence-electron chi connectivity index (χ1n) is 5.18. The largest absolute Gasteiger partial charge is 0.394 e. The Bertz CT molecular complexity index is 614. The second kappa shape index (κ2) is 4.21. The molecule has 17 heavy (non-hydrogen) atoms. The molecular formula is C11H14N4OS. The zero-order chi connectivity index (χ0) is 12.6. The smallest absolute Gasteiger partial charge is 0.271 e.